The minimum absolute atomic E-state index is 0.0471. The number of carbonyl (C=O) groups is 2. The van der Waals surface area contributed by atoms with Gasteiger partial charge in [0.2, 0.25) is 11.8 Å². The summed E-state index contributed by atoms with van der Waals surface area (Å²) in [4.78, 5) is 25.0. The Bertz CT molecular complexity index is 470. The number of hydrogen-bond acceptors (Lipinski definition) is 3. The molecule has 1 fully saturated rings. The summed E-state index contributed by atoms with van der Waals surface area (Å²) in [6.07, 6.45) is 0.353. The van der Waals surface area contributed by atoms with Crippen LogP contribution < -0.4 is 10.1 Å². The van der Waals surface area contributed by atoms with Gasteiger partial charge in [-0.2, -0.15) is 0 Å². The maximum Gasteiger partial charge on any atom is 0.242 e. The average molecular weight is 262 g/mol. The molecule has 0 aromatic heterocycles. The molecule has 0 radical (unpaired) electrons. The second-order valence-corrected chi connectivity index (χ2v) is 4.56. The molecule has 0 aliphatic carbocycles. The first-order valence-corrected chi connectivity index (χ1v) is 6.32. The Morgan fingerprint density at radius 3 is 2.58 bits per heavy atom. The first kappa shape index (κ1) is 13.4. The summed E-state index contributed by atoms with van der Waals surface area (Å²) in [7, 11) is 1.62. The van der Waals surface area contributed by atoms with Gasteiger partial charge in [0.25, 0.3) is 0 Å². The van der Waals surface area contributed by atoms with Gasteiger partial charge in [-0.15, -0.1) is 0 Å². The van der Waals surface area contributed by atoms with Crippen LogP contribution in [0.4, 0.5) is 0 Å². The number of amides is 2. The van der Waals surface area contributed by atoms with Crippen molar-refractivity contribution in [3.8, 4) is 5.75 Å². The van der Waals surface area contributed by atoms with Gasteiger partial charge in [0, 0.05) is 13.0 Å². The van der Waals surface area contributed by atoms with Gasteiger partial charge in [-0.1, -0.05) is 12.1 Å². The lowest BCUT2D eigenvalue weighted by atomic mass is 10.1. The van der Waals surface area contributed by atoms with E-state index < -0.39 is 0 Å². The molecular weight excluding hydrogens is 244 g/mol. The Labute approximate surface area is 112 Å². The highest BCUT2D eigenvalue weighted by Crippen LogP contribution is 2.23. The lowest BCUT2D eigenvalue weighted by Gasteiger charge is -2.27. The topological polar surface area (TPSA) is 58.6 Å². The minimum Gasteiger partial charge on any atom is -0.497 e. The van der Waals surface area contributed by atoms with Crippen molar-refractivity contribution in [2.45, 2.75) is 19.4 Å². The number of ether oxygens (including phenoxy) is 1. The van der Waals surface area contributed by atoms with E-state index in [2.05, 4.69) is 5.32 Å². The molecule has 5 heteroatoms. The van der Waals surface area contributed by atoms with Crippen molar-refractivity contribution >= 4 is 11.8 Å². The smallest absolute Gasteiger partial charge is 0.242 e. The second-order valence-electron chi connectivity index (χ2n) is 4.56. The lowest BCUT2D eigenvalue weighted by molar-refractivity contribution is -0.132. The molecule has 0 bridgehead atoms. The summed E-state index contributed by atoms with van der Waals surface area (Å²) in [5.74, 6) is 0.668. The monoisotopic (exact) mass is 262 g/mol. The first-order valence-electron chi connectivity index (χ1n) is 6.32. The van der Waals surface area contributed by atoms with Crippen LogP contribution in [0.2, 0.25) is 0 Å². The fourth-order valence-corrected chi connectivity index (χ4v) is 2.18. The van der Waals surface area contributed by atoms with Crippen molar-refractivity contribution in [2.24, 2.45) is 0 Å². The van der Waals surface area contributed by atoms with E-state index in [4.69, 9.17) is 4.74 Å². The number of nitrogens with zero attached hydrogens (tertiary/aromatic N) is 1. The highest BCUT2D eigenvalue weighted by atomic mass is 16.5. The Kier molecular flexibility index (Phi) is 4.04. The molecule has 19 heavy (non-hydrogen) atoms. The van der Waals surface area contributed by atoms with E-state index >= 15 is 0 Å². The van der Waals surface area contributed by atoms with Crippen molar-refractivity contribution in [3.05, 3.63) is 29.8 Å². The minimum atomic E-state index is -0.0715. The lowest BCUT2D eigenvalue weighted by Crippen LogP contribution is -2.37. The normalized spacial score (nSPS) is 17.7. The predicted molar refractivity (Wildman–Crippen MR) is 70.7 cm³/mol. The van der Waals surface area contributed by atoms with E-state index in [0.29, 0.717) is 13.0 Å². The zero-order chi connectivity index (χ0) is 13.8. The Morgan fingerprint density at radius 2 is 1.95 bits per heavy atom. The van der Waals surface area contributed by atoms with Gasteiger partial charge >= 0.3 is 0 Å². The van der Waals surface area contributed by atoms with Gasteiger partial charge < -0.3 is 15.0 Å². The third kappa shape index (κ3) is 3.05. The van der Waals surface area contributed by atoms with Crippen LogP contribution >= 0.6 is 0 Å². The van der Waals surface area contributed by atoms with Crippen molar-refractivity contribution < 1.29 is 14.3 Å². The van der Waals surface area contributed by atoms with Gasteiger partial charge in [0.15, 0.2) is 0 Å². The largest absolute Gasteiger partial charge is 0.497 e. The number of methoxy groups -OCH3 is 1. The maximum absolute atomic E-state index is 12.0. The molecule has 5 nitrogen and oxygen atoms in total. The molecule has 1 aliphatic heterocycles. The summed E-state index contributed by atoms with van der Waals surface area (Å²) in [5.41, 5.74) is 1.03. The van der Waals surface area contributed by atoms with Crippen LogP contribution in [0.25, 0.3) is 0 Å². The van der Waals surface area contributed by atoms with Gasteiger partial charge in [0.1, 0.15) is 5.75 Å². The quantitative estimate of drug-likeness (QED) is 0.887. The predicted octanol–water partition coefficient (Wildman–Crippen LogP) is 1.10. The second kappa shape index (κ2) is 5.73. The van der Waals surface area contributed by atoms with Gasteiger partial charge in [-0.3, -0.25) is 9.59 Å². The molecule has 1 aliphatic rings. The third-order valence-electron chi connectivity index (χ3n) is 3.40. The van der Waals surface area contributed by atoms with E-state index in [9.17, 15) is 9.59 Å². The summed E-state index contributed by atoms with van der Waals surface area (Å²) in [5, 5.41) is 2.60. The Morgan fingerprint density at radius 1 is 1.26 bits per heavy atom. The molecule has 2 amide bonds. The van der Waals surface area contributed by atoms with Gasteiger partial charge in [-0.05, 0) is 24.6 Å². The van der Waals surface area contributed by atoms with Crippen molar-refractivity contribution in [1.29, 1.82) is 0 Å². The molecule has 1 aromatic rings. The van der Waals surface area contributed by atoms with E-state index in [-0.39, 0.29) is 24.4 Å². The van der Waals surface area contributed by atoms with Crippen molar-refractivity contribution in [3.63, 3.8) is 0 Å². The zero-order valence-electron chi connectivity index (χ0n) is 11.2. The number of carbonyl (C=O) groups excluding carboxylic acids is 2. The van der Waals surface area contributed by atoms with E-state index in [1.165, 1.54) is 0 Å². The van der Waals surface area contributed by atoms with E-state index in [1.54, 1.807) is 12.0 Å². The molecule has 1 N–H and O–H groups in total. The number of nitrogens with one attached hydrogen (secondary N) is 1. The summed E-state index contributed by atoms with van der Waals surface area (Å²) < 4.78 is 5.11. The zero-order valence-corrected chi connectivity index (χ0v) is 11.2. The number of rotatable bonds is 3. The first-order chi connectivity index (χ1) is 9.11. The van der Waals surface area contributed by atoms with E-state index in [1.807, 2.05) is 31.2 Å². The summed E-state index contributed by atoms with van der Waals surface area (Å²) in [6.45, 7) is 2.51. The van der Waals surface area contributed by atoms with Crippen LogP contribution in [0, 0.1) is 0 Å². The molecule has 1 aromatic carbocycles. The van der Waals surface area contributed by atoms with Crippen LogP contribution in [0.15, 0.2) is 24.3 Å². The Hall–Kier alpha value is -2.04. The van der Waals surface area contributed by atoms with Gasteiger partial charge in [-0.25, -0.2) is 0 Å². The van der Waals surface area contributed by atoms with Crippen molar-refractivity contribution in [2.75, 3.05) is 20.2 Å². The maximum atomic E-state index is 12.0. The molecule has 0 saturated carbocycles. The molecule has 0 spiro atoms. The summed E-state index contributed by atoms with van der Waals surface area (Å²) >= 11 is 0. The van der Waals surface area contributed by atoms with E-state index in [0.717, 1.165) is 11.3 Å². The summed E-state index contributed by atoms with van der Waals surface area (Å²) in [6, 6.07) is 7.58. The molecule has 1 atom stereocenters. The fraction of sp³-hybridized carbons (Fsp3) is 0.429. The average Bonchev–Trinajstić information content (AvgIpc) is 2.60. The number of hydrogen-bond donors (Lipinski definition) is 1. The van der Waals surface area contributed by atoms with Crippen LogP contribution in [0.5, 0.6) is 5.75 Å². The third-order valence-corrected chi connectivity index (χ3v) is 3.40. The van der Waals surface area contributed by atoms with Crippen LogP contribution in [-0.2, 0) is 9.59 Å². The number of benzene rings is 1. The molecule has 1 heterocycles. The molecular formula is C14H18N2O3. The molecule has 2 rings (SSSR count). The van der Waals surface area contributed by atoms with Crippen LogP contribution in [0.1, 0.15) is 24.9 Å². The van der Waals surface area contributed by atoms with Crippen LogP contribution in [0.3, 0.4) is 0 Å². The standard InChI is InChI=1S/C14H18N2O3/c1-10(11-3-5-12(19-2)6-4-11)16-8-7-13(17)15-9-14(16)18/h3-6,10H,7-9H2,1-2H3,(H,15,17). The van der Waals surface area contributed by atoms with Gasteiger partial charge in [0.05, 0.1) is 19.7 Å². The molecule has 102 valence electrons. The Balaban J connectivity index is 2.14. The SMILES string of the molecule is COc1ccc(C(C)N2CCC(=O)NCC2=O)cc1. The van der Waals surface area contributed by atoms with Crippen molar-refractivity contribution in [1.82, 2.24) is 10.2 Å². The fourth-order valence-electron chi connectivity index (χ4n) is 2.18. The molecule has 1 saturated heterocycles. The van der Waals surface area contributed by atoms with Crippen LogP contribution in [-0.4, -0.2) is 36.9 Å². The highest BCUT2D eigenvalue weighted by molar-refractivity contribution is 5.87. The molecule has 1 unspecified atom stereocenters. The highest BCUT2D eigenvalue weighted by Gasteiger charge is 2.25.